The first kappa shape index (κ1) is 15.2. The number of carbonyl (C=O) groups excluding carboxylic acids is 1. The van der Waals surface area contributed by atoms with Gasteiger partial charge in [0.05, 0.1) is 18.5 Å². The zero-order valence-corrected chi connectivity index (χ0v) is 13.5. The summed E-state index contributed by atoms with van der Waals surface area (Å²) >= 11 is 1.44. The first-order valence-electron chi connectivity index (χ1n) is 7.16. The number of rotatable bonds is 5. The van der Waals surface area contributed by atoms with Crippen molar-refractivity contribution < 1.29 is 9.53 Å². The average molecular weight is 324 g/mol. The largest absolute Gasteiger partial charge is 0.497 e. The molecule has 0 spiro atoms. The lowest BCUT2D eigenvalue weighted by atomic mass is 10.2. The second-order valence-corrected chi connectivity index (χ2v) is 5.88. The Labute approximate surface area is 139 Å². The van der Waals surface area contributed by atoms with Crippen LogP contribution in [0, 0.1) is 0 Å². The van der Waals surface area contributed by atoms with E-state index >= 15 is 0 Å². The van der Waals surface area contributed by atoms with E-state index in [0.29, 0.717) is 11.4 Å². The minimum atomic E-state index is -0.0194. The van der Waals surface area contributed by atoms with Crippen LogP contribution in [0.25, 0.3) is 0 Å². The molecule has 3 rings (SSSR count). The number of pyridine rings is 1. The summed E-state index contributed by atoms with van der Waals surface area (Å²) < 4.78 is 5.19. The maximum atomic E-state index is 12.8. The van der Waals surface area contributed by atoms with Gasteiger partial charge < -0.3 is 9.64 Å². The SMILES string of the molecule is COc1ccc(N(Cc2cccnc2)C(=O)c2cccs2)cc1. The highest BCUT2D eigenvalue weighted by atomic mass is 32.1. The van der Waals surface area contributed by atoms with Crippen molar-refractivity contribution in [1.29, 1.82) is 0 Å². The molecular weight excluding hydrogens is 308 g/mol. The number of benzene rings is 1. The monoisotopic (exact) mass is 324 g/mol. The molecule has 0 aliphatic carbocycles. The van der Waals surface area contributed by atoms with Crippen molar-refractivity contribution in [3.63, 3.8) is 0 Å². The number of carbonyl (C=O) groups is 1. The number of amides is 1. The summed E-state index contributed by atoms with van der Waals surface area (Å²) in [7, 11) is 1.62. The summed E-state index contributed by atoms with van der Waals surface area (Å²) in [5.41, 5.74) is 1.81. The van der Waals surface area contributed by atoms with E-state index in [2.05, 4.69) is 4.98 Å². The first-order valence-corrected chi connectivity index (χ1v) is 8.04. The lowest BCUT2D eigenvalue weighted by Crippen LogP contribution is -2.29. The van der Waals surface area contributed by atoms with Crippen molar-refractivity contribution in [1.82, 2.24) is 4.98 Å². The summed E-state index contributed by atoms with van der Waals surface area (Å²) in [6.07, 6.45) is 3.50. The predicted molar refractivity (Wildman–Crippen MR) is 92.1 cm³/mol. The number of nitrogens with zero attached hydrogens (tertiary/aromatic N) is 2. The van der Waals surface area contributed by atoms with Gasteiger partial charge >= 0.3 is 0 Å². The second kappa shape index (κ2) is 7.07. The van der Waals surface area contributed by atoms with Crippen LogP contribution < -0.4 is 9.64 Å². The Hall–Kier alpha value is -2.66. The molecule has 0 aliphatic heterocycles. The van der Waals surface area contributed by atoms with Gasteiger partial charge in [-0.2, -0.15) is 0 Å². The van der Waals surface area contributed by atoms with Crippen LogP contribution in [-0.4, -0.2) is 18.0 Å². The smallest absolute Gasteiger partial charge is 0.268 e. The van der Waals surface area contributed by atoms with Crippen molar-refractivity contribution >= 4 is 22.9 Å². The van der Waals surface area contributed by atoms with Gasteiger partial charge in [0.25, 0.3) is 5.91 Å². The lowest BCUT2D eigenvalue weighted by Gasteiger charge is -2.22. The molecule has 0 saturated heterocycles. The molecule has 1 aromatic carbocycles. The third-order valence-electron chi connectivity index (χ3n) is 3.42. The minimum Gasteiger partial charge on any atom is -0.497 e. The topological polar surface area (TPSA) is 42.4 Å². The van der Waals surface area contributed by atoms with Gasteiger partial charge in [-0.25, -0.2) is 0 Å². The second-order valence-electron chi connectivity index (χ2n) is 4.93. The Bertz CT molecular complexity index is 755. The molecule has 0 fully saturated rings. The zero-order chi connectivity index (χ0) is 16.1. The van der Waals surface area contributed by atoms with Gasteiger partial charge in [0.15, 0.2) is 0 Å². The van der Waals surface area contributed by atoms with Crippen LogP contribution in [0.4, 0.5) is 5.69 Å². The molecule has 116 valence electrons. The number of methoxy groups -OCH3 is 1. The maximum absolute atomic E-state index is 12.8. The number of aromatic nitrogens is 1. The summed E-state index contributed by atoms with van der Waals surface area (Å²) in [6.45, 7) is 0.469. The highest BCUT2D eigenvalue weighted by molar-refractivity contribution is 7.12. The molecule has 5 heteroatoms. The first-order chi connectivity index (χ1) is 11.3. The molecule has 23 heavy (non-hydrogen) atoms. The van der Waals surface area contributed by atoms with Crippen molar-refractivity contribution in [3.05, 3.63) is 76.7 Å². The quantitative estimate of drug-likeness (QED) is 0.712. The van der Waals surface area contributed by atoms with E-state index in [1.807, 2.05) is 53.9 Å². The van der Waals surface area contributed by atoms with Gasteiger partial charge in [0.1, 0.15) is 5.75 Å². The summed E-state index contributed by atoms with van der Waals surface area (Å²) in [6, 6.07) is 15.0. The molecule has 0 N–H and O–H groups in total. The van der Waals surface area contributed by atoms with E-state index < -0.39 is 0 Å². The fourth-order valence-corrected chi connectivity index (χ4v) is 2.92. The maximum Gasteiger partial charge on any atom is 0.268 e. The Morgan fingerprint density at radius 2 is 2.00 bits per heavy atom. The molecule has 1 amide bonds. The average Bonchev–Trinajstić information content (AvgIpc) is 3.15. The molecule has 2 heterocycles. The summed E-state index contributed by atoms with van der Waals surface area (Å²) in [5, 5.41) is 1.91. The van der Waals surface area contributed by atoms with E-state index in [-0.39, 0.29) is 5.91 Å². The van der Waals surface area contributed by atoms with E-state index in [4.69, 9.17) is 4.74 Å². The Morgan fingerprint density at radius 1 is 1.17 bits per heavy atom. The normalized spacial score (nSPS) is 10.3. The minimum absolute atomic E-state index is 0.0194. The van der Waals surface area contributed by atoms with Crippen LogP contribution in [0.5, 0.6) is 5.75 Å². The predicted octanol–water partition coefficient (Wildman–Crippen LogP) is 4.00. The Morgan fingerprint density at radius 3 is 2.61 bits per heavy atom. The molecule has 0 radical (unpaired) electrons. The third-order valence-corrected chi connectivity index (χ3v) is 4.28. The fraction of sp³-hybridized carbons (Fsp3) is 0.111. The van der Waals surface area contributed by atoms with Gasteiger partial charge in [0.2, 0.25) is 0 Å². The van der Waals surface area contributed by atoms with Gasteiger partial charge in [-0.1, -0.05) is 12.1 Å². The summed E-state index contributed by atoms with van der Waals surface area (Å²) in [5.74, 6) is 0.743. The van der Waals surface area contributed by atoms with Crippen LogP contribution in [0.15, 0.2) is 66.3 Å². The number of anilines is 1. The highest BCUT2D eigenvalue weighted by Gasteiger charge is 2.19. The van der Waals surface area contributed by atoms with Gasteiger partial charge in [-0.15, -0.1) is 11.3 Å². The van der Waals surface area contributed by atoms with Crippen LogP contribution >= 0.6 is 11.3 Å². The molecule has 3 aromatic rings. The summed E-state index contributed by atoms with van der Waals surface area (Å²) in [4.78, 5) is 19.4. The molecule has 0 aliphatic rings. The molecule has 2 aromatic heterocycles. The van der Waals surface area contributed by atoms with Crippen LogP contribution in [0.3, 0.4) is 0 Å². The number of hydrogen-bond donors (Lipinski definition) is 0. The van der Waals surface area contributed by atoms with Gasteiger partial charge in [-0.05, 0) is 47.3 Å². The zero-order valence-electron chi connectivity index (χ0n) is 12.7. The van der Waals surface area contributed by atoms with Crippen molar-refractivity contribution in [3.8, 4) is 5.75 Å². The van der Waals surface area contributed by atoms with E-state index in [9.17, 15) is 4.79 Å². The van der Waals surface area contributed by atoms with Crippen molar-refractivity contribution in [2.75, 3.05) is 12.0 Å². The molecule has 0 atom stereocenters. The fourth-order valence-electron chi connectivity index (χ4n) is 2.25. The Kier molecular flexibility index (Phi) is 4.68. The standard InChI is InChI=1S/C18H16N2O2S/c1-22-16-8-6-15(7-9-16)20(13-14-4-2-10-19-12-14)18(21)17-5-3-11-23-17/h2-12H,13H2,1H3. The number of hydrogen-bond acceptors (Lipinski definition) is 4. The Balaban J connectivity index is 1.93. The van der Waals surface area contributed by atoms with Crippen molar-refractivity contribution in [2.45, 2.75) is 6.54 Å². The third kappa shape index (κ3) is 3.57. The lowest BCUT2D eigenvalue weighted by molar-refractivity contribution is 0.0989. The van der Waals surface area contributed by atoms with Crippen molar-refractivity contribution in [2.24, 2.45) is 0 Å². The molecule has 0 unspecified atom stereocenters. The van der Waals surface area contributed by atoms with Crippen LogP contribution in [0.1, 0.15) is 15.2 Å². The van der Waals surface area contributed by atoms with Gasteiger partial charge in [0, 0.05) is 18.1 Å². The van der Waals surface area contributed by atoms with E-state index in [1.54, 1.807) is 24.4 Å². The molecule has 0 bridgehead atoms. The molecule has 0 saturated carbocycles. The number of thiophene rings is 1. The molecular formula is C18H16N2O2S. The van der Waals surface area contributed by atoms with Crippen LogP contribution in [0.2, 0.25) is 0 Å². The van der Waals surface area contributed by atoms with E-state index in [0.717, 1.165) is 17.0 Å². The number of ether oxygens (including phenoxy) is 1. The van der Waals surface area contributed by atoms with E-state index in [1.165, 1.54) is 11.3 Å². The molecule has 4 nitrogen and oxygen atoms in total. The van der Waals surface area contributed by atoms with Gasteiger partial charge in [-0.3, -0.25) is 9.78 Å². The highest BCUT2D eigenvalue weighted by Crippen LogP contribution is 2.24. The van der Waals surface area contributed by atoms with Crippen LogP contribution in [-0.2, 0) is 6.54 Å².